The quantitative estimate of drug-likeness (QED) is 0.509. The molecule has 0 radical (unpaired) electrons. The second kappa shape index (κ2) is 10.9. The Morgan fingerprint density at radius 3 is 2.50 bits per heavy atom. The number of ether oxygens (including phenoxy) is 1. The van der Waals surface area contributed by atoms with Crippen molar-refractivity contribution in [2.24, 2.45) is 5.92 Å². The third-order valence-electron chi connectivity index (χ3n) is 5.03. The fourth-order valence-corrected chi connectivity index (χ4v) is 4.52. The van der Waals surface area contributed by atoms with Crippen LogP contribution in [0.3, 0.4) is 0 Å². The molecule has 1 aliphatic rings. The van der Waals surface area contributed by atoms with E-state index in [-0.39, 0.29) is 36.2 Å². The number of rotatable bonds is 10. The van der Waals surface area contributed by atoms with E-state index in [1.807, 2.05) is 6.92 Å². The largest absolute Gasteiger partial charge is 0.382 e. The summed E-state index contributed by atoms with van der Waals surface area (Å²) in [5.74, 6) is -0.933. The molecule has 8 nitrogen and oxygen atoms in total. The van der Waals surface area contributed by atoms with Crippen molar-refractivity contribution in [3.05, 3.63) is 53.6 Å². The van der Waals surface area contributed by atoms with Crippen molar-refractivity contribution >= 4 is 44.8 Å². The van der Waals surface area contributed by atoms with Gasteiger partial charge < -0.3 is 15.0 Å². The number of nitrogens with one attached hydrogen (secondary N) is 2. The van der Waals surface area contributed by atoms with Gasteiger partial charge in [-0.2, -0.15) is 0 Å². The third kappa shape index (κ3) is 6.29. The van der Waals surface area contributed by atoms with E-state index in [9.17, 15) is 18.0 Å². The maximum atomic E-state index is 12.6. The molecule has 0 aromatic heterocycles. The molecule has 172 valence electrons. The predicted molar refractivity (Wildman–Crippen MR) is 123 cm³/mol. The van der Waals surface area contributed by atoms with Crippen LogP contribution >= 0.6 is 11.6 Å². The van der Waals surface area contributed by atoms with E-state index in [0.717, 1.165) is 0 Å². The lowest BCUT2D eigenvalue weighted by atomic mass is 10.1. The Hall–Kier alpha value is -2.46. The smallest absolute Gasteiger partial charge is 0.240 e. The number of sulfonamides is 1. The van der Waals surface area contributed by atoms with Crippen LogP contribution in [-0.4, -0.2) is 46.5 Å². The maximum absolute atomic E-state index is 12.6. The first kappa shape index (κ1) is 24.2. The summed E-state index contributed by atoms with van der Waals surface area (Å²) in [4.78, 5) is 26.7. The molecule has 2 aromatic rings. The van der Waals surface area contributed by atoms with Crippen LogP contribution in [0.2, 0.25) is 5.02 Å². The van der Waals surface area contributed by atoms with E-state index in [2.05, 4.69) is 10.0 Å². The molecule has 0 unspecified atom stereocenters. The fourth-order valence-electron chi connectivity index (χ4n) is 3.32. The summed E-state index contributed by atoms with van der Waals surface area (Å²) in [5.41, 5.74) is 1.15. The van der Waals surface area contributed by atoms with E-state index in [4.69, 9.17) is 16.3 Å². The van der Waals surface area contributed by atoms with Gasteiger partial charge in [0.05, 0.1) is 10.8 Å². The summed E-state index contributed by atoms with van der Waals surface area (Å²) in [7, 11) is -3.64. The Morgan fingerprint density at radius 2 is 1.84 bits per heavy atom. The van der Waals surface area contributed by atoms with Gasteiger partial charge >= 0.3 is 0 Å². The summed E-state index contributed by atoms with van der Waals surface area (Å²) < 4.78 is 32.4. The predicted octanol–water partition coefficient (Wildman–Crippen LogP) is 3.04. The van der Waals surface area contributed by atoms with Crippen LogP contribution in [0.1, 0.15) is 19.8 Å². The van der Waals surface area contributed by atoms with Gasteiger partial charge in [0, 0.05) is 49.1 Å². The lowest BCUT2D eigenvalue weighted by molar-refractivity contribution is -0.122. The highest BCUT2D eigenvalue weighted by Gasteiger charge is 2.35. The van der Waals surface area contributed by atoms with E-state index in [1.54, 1.807) is 29.2 Å². The van der Waals surface area contributed by atoms with Gasteiger partial charge in [-0.25, -0.2) is 13.1 Å². The Bertz CT molecular complexity index is 1040. The number of hydrogen-bond donors (Lipinski definition) is 2. The SMILES string of the molecule is CCOCCCNS(=O)(=O)c1ccc(NC(=O)[C@H]2CC(=O)N(c3ccc(Cl)cc3)C2)cc1. The first-order valence-corrected chi connectivity index (χ1v) is 12.2. The molecule has 2 N–H and O–H groups in total. The Labute approximate surface area is 192 Å². The Morgan fingerprint density at radius 1 is 1.16 bits per heavy atom. The summed E-state index contributed by atoms with van der Waals surface area (Å²) in [6, 6.07) is 12.8. The van der Waals surface area contributed by atoms with E-state index >= 15 is 0 Å². The minimum absolute atomic E-state index is 0.104. The van der Waals surface area contributed by atoms with Crippen LogP contribution in [0, 0.1) is 5.92 Å². The normalized spacial score (nSPS) is 16.4. The van der Waals surface area contributed by atoms with Crippen molar-refractivity contribution in [1.82, 2.24) is 4.72 Å². The number of carbonyl (C=O) groups excluding carboxylic acids is 2. The number of anilines is 2. The highest BCUT2D eigenvalue weighted by Crippen LogP contribution is 2.27. The Kier molecular flexibility index (Phi) is 8.25. The minimum Gasteiger partial charge on any atom is -0.382 e. The van der Waals surface area contributed by atoms with E-state index < -0.39 is 15.9 Å². The van der Waals surface area contributed by atoms with Crippen molar-refractivity contribution < 1.29 is 22.7 Å². The van der Waals surface area contributed by atoms with E-state index in [1.165, 1.54) is 24.3 Å². The Balaban J connectivity index is 1.55. The van der Waals surface area contributed by atoms with Gasteiger partial charge in [0.2, 0.25) is 21.8 Å². The molecule has 1 aliphatic heterocycles. The van der Waals surface area contributed by atoms with Crippen LogP contribution in [-0.2, 0) is 24.3 Å². The minimum atomic E-state index is -3.64. The number of carbonyl (C=O) groups is 2. The molecule has 0 saturated carbocycles. The van der Waals surface area contributed by atoms with Crippen LogP contribution in [0.25, 0.3) is 0 Å². The van der Waals surface area contributed by atoms with Gasteiger partial charge in [0.1, 0.15) is 0 Å². The molecule has 0 aliphatic carbocycles. The number of nitrogens with zero attached hydrogens (tertiary/aromatic N) is 1. The van der Waals surface area contributed by atoms with E-state index in [0.29, 0.717) is 36.0 Å². The summed E-state index contributed by atoms with van der Waals surface area (Å²) >= 11 is 5.89. The first-order valence-electron chi connectivity index (χ1n) is 10.3. The van der Waals surface area contributed by atoms with Gasteiger partial charge in [0.15, 0.2) is 0 Å². The number of benzene rings is 2. The molecule has 2 amide bonds. The fraction of sp³-hybridized carbons (Fsp3) is 0.364. The average Bonchev–Trinajstić information content (AvgIpc) is 3.16. The molecule has 1 atom stereocenters. The van der Waals surface area contributed by atoms with Gasteiger partial charge in [-0.1, -0.05) is 11.6 Å². The second-order valence-corrected chi connectivity index (χ2v) is 9.55. The summed E-state index contributed by atoms with van der Waals surface area (Å²) in [5, 5.41) is 3.33. The zero-order chi connectivity index (χ0) is 23.1. The molecule has 10 heteroatoms. The van der Waals surface area contributed by atoms with Gasteiger partial charge in [-0.3, -0.25) is 9.59 Å². The standard InChI is InChI=1S/C22H26ClN3O5S/c1-2-31-13-3-12-24-32(29,30)20-10-6-18(7-11-20)25-22(28)16-14-21(27)26(15-16)19-8-4-17(23)5-9-19/h4-11,16,24H,2-3,12-15H2,1H3,(H,25,28)/t16-/m0/s1. The maximum Gasteiger partial charge on any atom is 0.240 e. The summed E-state index contributed by atoms with van der Waals surface area (Å²) in [6.07, 6.45) is 0.681. The van der Waals surface area contributed by atoms with Crippen molar-refractivity contribution in [3.63, 3.8) is 0 Å². The monoisotopic (exact) mass is 479 g/mol. The number of halogens is 1. The van der Waals surface area contributed by atoms with Crippen molar-refractivity contribution in [2.75, 3.05) is 36.5 Å². The van der Waals surface area contributed by atoms with Crippen molar-refractivity contribution in [3.8, 4) is 0 Å². The summed E-state index contributed by atoms with van der Waals surface area (Å²) in [6.45, 7) is 3.51. The molecular weight excluding hydrogens is 454 g/mol. The van der Waals surface area contributed by atoms with Crippen LogP contribution < -0.4 is 14.9 Å². The lowest BCUT2D eigenvalue weighted by Crippen LogP contribution is -2.28. The molecule has 2 aromatic carbocycles. The molecular formula is C22H26ClN3O5S. The molecule has 3 rings (SSSR count). The van der Waals surface area contributed by atoms with Gasteiger partial charge in [-0.15, -0.1) is 0 Å². The number of hydrogen-bond acceptors (Lipinski definition) is 5. The van der Waals surface area contributed by atoms with Gasteiger partial charge in [0.25, 0.3) is 0 Å². The molecule has 0 bridgehead atoms. The van der Waals surface area contributed by atoms with Gasteiger partial charge in [-0.05, 0) is 61.9 Å². The zero-order valence-corrected chi connectivity index (χ0v) is 19.3. The average molecular weight is 480 g/mol. The van der Waals surface area contributed by atoms with Crippen molar-refractivity contribution in [1.29, 1.82) is 0 Å². The lowest BCUT2D eigenvalue weighted by Gasteiger charge is -2.17. The highest BCUT2D eigenvalue weighted by atomic mass is 35.5. The van der Waals surface area contributed by atoms with Crippen LogP contribution in [0.15, 0.2) is 53.4 Å². The topological polar surface area (TPSA) is 105 Å². The third-order valence-corrected chi connectivity index (χ3v) is 6.76. The van der Waals surface area contributed by atoms with Crippen molar-refractivity contribution in [2.45, 2.75) is 24.7 Å². The number of amides is 2. The molecule has 0 spiro atoms. The zero-order valence-electron chi connectivity index (χ0n) is 17.7. The first-order chi connectivity index (χ1) is 15.3. The molecule has 1 saturated heterocycles. The van der Waals surface area contributed by atoms with Crippen LogP contribution in [0.4, 0.5) is 11.4 Å². The second-order valence-electron chi connectivity index (χ2n) is 7.34. The molecule has 1 fully saturated rings. The highest BCUT2D eigenvalue weighted by molar-refractivity contribution is 7.89. The van der Waals surface area contributed by atoms with Crippen LogP contribution in [0.5, 0.6) is 0 Å². The molecule has 1 heterocycles. The molecule has 32 heavy (non-hydrogen) atoms.